The third-order valence-corrected chi connectivity index (χ3v) is 6.15. The van der Waals surface area contributed by atoms with Gasteiger partial charge in [-0.2, -0.15) is 0 Å². The first-order valence-corrected chi connectivity index (χ1v) is 9.84. The Kier molecular flexibility index (Phi) is 6.02. The van der Waals surface area contributed by atoms with E-state index in [2.05, 4.69) is 10.0 Å². The fourth-order valence-electron chi connectivity index (χ4n) is 3.06. The van der Waals surface area contributed by atoms with Crippen molar-refractivity contribution in [3.05, 3.63) is 47.0 Å². The van der Waals surface area contributed by atoms with Crippen LogP contribution in [-0.2, 0) is 0 Å². The van der Waals surface area contributed by atoms with Gasteiger partial charge in [0.25, 0.3) is 0 Å². The van der Waals surface area contributed by atoms with Gasteiger partial charge < -0.3 is 25.4 Å². The second-order valence-corrected chi connectivity index (χ2v) is 8.59. The smallest absolute Gasteiger partial charge is 0.184 e. The van der Waals surface area contributed by atoms with Gasteiger partial charge in [-0.25, -0.2) is 8.78 Å². The van der Waals surface area contributed by atoms with Crippen LogP contribution in [0, 0.1) is 25.5 Å². The van der Waals surface area contributed by atoms with Crippen LogP contribution in [0.2, 0.25) is 0 Å². The Morgan fingerprint density at radius 2 is 1.89 bits per heavy atom. The number of rotatable bonds is 8. The highest BCUT2D eigenvalue weighted by atomic mass is 32.2. The minimum atomic E-state index is -1.16. The van der Waals surface area contributed by atoms with Crippen LogP contribution in [0.25, 0.3) is 0 Å². The van der Waals surface area contributed by atoms with Crippen LogP contribution in [0.4, 0.5) is 25.8 Å². The quantitative estimate of drug-likeness (QED) is 0.328. The van der Waals surface area contributed by atoms with Crippen LogP contribution >= 0.6 is 11.9 Å². The Balaban J connectivity index is 1.87. The van der Waals surface area contributed by atoms with Crippen molar-refractivity contribution in [1.82, 2.24) is 0 Å². The minimum absolute atomic E-state index is 0.0358. The lowest BCUT2D eigenvalue weighted by atomic mass is 10.1. The molecule has 1 unspecified atom stereocenters. The van der Waals surface area contributed by atoms with Crippen LogP contribution in [-0.4, -0.2) is 32.8 Å². The number of aliphatic hydroxyl groups is 2. The predicted octanol–water partition coefficient (Wildman–Crippen LogP) is 4.37. The van der Waals surface area contributed by atoms with E-state index in [0.29, 0.717) is 12.1 Å². The van der Waals surface area contributed by atoms with E-state index >= 15 is 0 Å². The highest BCUT2D eigenvalue weighted by Gasteiger charge is 2.45. The Morgan fingerprint density at radius 1 is 1.18 bits per heavy atom. The number of aliphatic hydroxyl groups excluding tert-OH is 2. The zero-order valence-corrected chi connectivity index (χ0v) is 16.5. The largest absolute Gasteiger partial charge is 0.506 e. The molecule has 8 heteroatoms. The molecule has 0 radical (unpaired) electrons. The number of aromatic hydroxyl groups is 1. The molecule has 0 bridgehead atoms. The minimum Gasteiger partial charge on any atom is -0.506 e. The van der Waals surface area contributed by atoms with Crippen LogP contribution in [0.15, 0.2) is 24.3 Å². The maximum absolute atomic E-state index is 14.6. The lowest BCUT2D eigenvalue weighted by Crippen LogP contribution is -2.21. The van der Waals surface area contributed by atoms with Gasteiger partial charge in [-0.1, -0.05) is 17.7 Å². The van der Waals surface area contributed by atoms with Gasteiger partial charge in [0.1, 0.15) is 17.1 Å². The topological polar surface area (TPSA) is 84.8 Å². The SMILES string of the molecule is Cc1ccc(Nc2c(F)c(F)cc(O)c2NSC2(CC(O)CO)CC2)c(C)c1. The molecule has 5 N–H and O–H groups in total. The standard InChI is InChI=1S/C20H24F2N2O3S/c1-11-3-4-15(12(2)7-11)23-19-17(22)14(21)8-16(27)18(19)24-28-20(5-6-20)9-13(26)10-25/h3-4,7-8,13,23-27H,5-6,9-10H2,1-2H3. The number of hydrogen-bond donors (Lipinski definition) is 5. The second-order valence-electron chi connectivity index (χ2n) is 7.31. The Hall–Kier alpha value is -2.03. The lowest BCUT2D eigenvalue weighted by molar-refractivity contribution is 0.0865. The van der Waals surface area contributed by atoms with Gasteiger partial charge in [0.05, 0.1) is 12.7 Å². The summed E-state index contributed by atoms with van der Waals surface area (Å²) in [5, 5.41) is 31.9. The molecular weight excluding hydrogens is 386 g/mol. The Labute approximate surface area is 166 Å². The van der Waals surface area contributed by atoms with E-state index < -0.39 is 23.5 Å². The summed E-state index contributed by atoms with van der Waals surface area (Å²) in [7, 11) is 0. The van der Waals surface area contributed by atoms with Crippen LogP contribution in [0.1, 0.15) is 30.4 Å². The predicted molar refractivity (Wildman–Crippen MR) is 108 cm³/mol. The van der Waals surface area contributed by atoms with Gasteiger partial charge in [-0.15, -0.1) is 0 Å². The summed E-state index contributed by atoms with van der Waals surface area (Å²) in [4.78, 5) is 0. The van der Waals surface area contributed by atoms with E-state index in [9.17, 15) is 19.0 Å². The average molecular weight is 410 g/mol. The van der Waals surface area contributed by atoms with Crippen molar-refractivity contribution in [1.29, 1.82) is 0 Å². The number of nitrogens with one attached hydrogen (secondary N) is 2. The van der Waals surface area contributed by atoms with Crippen LogP contribution < -0.4 is 10.0 Å². The first-order valence-electron chi connectivity index (χ1n) is 9.03. The summed E-state index contributed by atoms with van der Waals surface area (Å²) in [6, 6.07) is 6.26. The molecule has 0 aromatic heterocycles. The zero-order chi connectivity index (χ0) is 20.5. The molecule has 0 aliphatic heterocycles. The molecule has 2 aromatic rings. The van der Waals surface area contributed by atoms with Crippen molar-refractivity contribution in [2.75, 3.05) is 16.6 Å². The Bertz CT molecular complexity index is 875. The molecule has 3 rings (SSSR count). The van der Waals surface area contributed by atoms with Crippen molar-refractivity contribution in [2.45, 2.75) is 44.0 Å². The number of phenols is 1. The molecule has 0 saturated heterocycles. The molecule has 1 aliphatic carbocycles. The summed E-state index contributed by atoms with van der Waals surface area (Å²) in [5.74, 6) is -2.67. The Morgan fingerprint density at radius 3 is 2.50 bits per heavy atom. The van der Waals surface area contributed by atoms with Crippen molar-refractivity contribution < 1.29 is 24.1 Å². The number of phenolic OH excluding ortho intramolecular Hbond substituents is 1. The maximum Gasteiger partial charge on any atom is 0.184 e. The lowest BCUT2D eigenvalue weighted by Gasteiger charge is -2.21. The molecule has 5 nitrogen and oxygen atoms in total. The molecule has 28 heavy (non-hydrogen) atoms. The summed E-state index contributed by atoms with van der Waals surface area (Å²) < 4.78 is 31.1. The van der Waals surface area contributed by atoms with Gasteiger partial charge in [0.2, 0.25) is 0 Å². The first-order chi connectivity index (χ1) is 13.2. The third-order valence-electron chi connectivity index (χ3n) is 4.84. The van der Waals surface area contributed by atoms with E-state index in [4.69, 9.17) is 5.11 Å². The first kappa shape index (κ1) is 20.7. The third kappa shape index (κ3) is 4.51. The molecule has 0 heterocycles. The molecule has 0 amide bonds. The fraction of sp³-hybridized carbons (Fsp3) is 0.400. The zero-order valence-electron chi connectivity index (χ0n) is 15.7. The van der Waals surface area contributed by atoms with Gasteiger partial charge in [0, 0.05) is 16.5 Å². The van der Waals surface area contributed by atoms with Gasteiger partial charge in [-0.3, -0.25) is 0 Å². The fourth-order valence-corrected chi connectivity index (χ4v) is 4.17. The van der Waals surface area contributed by atoms with E-state index in [1.165, 1.54) is 11.9 Å². The van der Waals surface area contributed by atoms with Gasteiger partial charge in [0.15, 0.2) is 11.6 Å². The van der Waals surface area contributed by atoms with E-state index in [1.807, 2.05) is 26.0 Å². The number of aryl methyl sites for hydroxylation is 2. The van der Waals surface area contributed by atoms with Gasteiger partial charge in [-0.05, 0) is 56.7 Å². The summed E-state index contributed by atoms with van der Waals surface area (Å²) in [6.07, 6.45) is 1.15. The normalized spacial score (nSPS) is 15.9. The van der Waals surface area contributed by atoms with Crippen molar-refractivity contribution in [3.63, 3.8) is 0 Å². The van der Waals surface area contributed by atoms with E-state index in [-0.39, 0.29) is 22.7 Å². The number of hydrogen-bond acceptors (Lipinski definition) is 6. The van der Waals surface area contributed by atoms with Crippen molar-refractivity contribution in [3.8, 4) is 5.75 Å². The molecule has 1 aliphatic rings. The molecule has 152 valence electrons. The van der Waals surface area contributed by atoms with Gasteiger partial charge >= 0.3 is 0 Å². The molecule has 1 fully saturated rings. The number of benzene rings is 2. The monoisotopic (exact) mass is 410 g/mol. The number of halogens is 2. The van der Waals surface area contributed by atoms with Crippen molar-refractivity contribution >= 4 is 29.0 Å². The average Bonchev–Trinajstić information content (AvgIpc) is 3.40. The molecule has 0 spiro atoms. The van der Waals surface area contributed by atoms with Crippen LogP contribution in [0.5, 0.6) is 5.75 Å². The van der Waals surface area contributed by atoms with E-state index in [0.717, 1.165) is 30.0 Å². The summed E-state index contributed by atoms with van der Waals surface area (Å²) in [6.45, 7) is 3.45. The van der Waals surface area contributed by atoms with Crippen LogP contribution in [0.3, 0.4) is 0 Å². The molecule has 1 atom stereocenters. The molecule has 2 aromatic carbocycles. The summed E-state index contributed by atoms with van der Waals surface area (Å²) >= 11 is 1.24. The highest BCUT2D eigenvalue weighted by Crippen LogP contribution is 2.53. The summed E-state index contributed by atoms with van der Waals surface area (Å²) in [5.41, 5.74) is 2.34. The second kappa shape index (κ2) is 8.14. The molecule has 1 saturated carbocycles. The highest BCUT2D eigenvalue weighted by molar-refractivity contribution is 8.02. The van der Waals surface area contributed by atoms with Crippen molar-refractivity contribution in [2.24, 2.45) is 0 Å². The molecular formula is C20H24F2N2O3S. The number of anilines is 3. The maximum atomic E-state index is 14.6. The van der Waals surface area contributed by atoms with E-state index in [1.54, 1.807) is 6.07 Å².